The van der Waals surface area contributed by atoms with Gasteiger partial charge < -0.3 is 5.11 Å². The predicted octanol–water partition coefficient (Wildman–Crippen LogP) is 2.64. The van der Waals surface area contributed by atoms with Gasteiger partial charge in [-0.15, -0.1) is 0 Å². The third-order valence-corrected chi connectivity index (χ3v) is 3.28. The molecule has 2 rings (SSSR count). The van der Waals surface area contributed by atoms with Crippen molar-refractivity contribution in [1.29, 1.82) is 0 Å². The lowest BCUT2D eigenvalue weighted by molar-refractivity contribution is -0.138. The van der Waals surface area contributed by atoms with Gasteiger partial charge in [0.2, 0.25) is 0 Å². The molecule has 1 aliphatic carbocycles. The van der Waals surface area contributed by atoms with Crippen LogP contribution in [0, 0.1) is 5.82 Å². The SMILES string of the molecule is O=C(O)CN(Cc1ccc(Br)cc1F)C1CC1. The maximum Gasteiger partial charge on any atom is 0.317 e. The van der Waals surface area contributed by atoms with Gasteiger partial charge >= 0.3 is 5.97 Å². The van der Waals surface area contributed by atoms with E-state index in [2.05, 4.69) is 15.9 Å². The molecule has 1 aromatic rings. The quantitative estimate of drug-likeness (QED) is 0.909. The Hall–Kier alpha value is -0.940. The molecule has 0 atom stereocenters. The maximum atomic E-state index is 13.6. The molecule has 0 aromatic heterocycles. The number of carboxylic acids is 1. The molecule has 0 spiro atoms. The second kappa shape index (κ2) is 5.14. The average molecular weight is 302 g/mol. The topological polar surface area (TPSA) is 40.5 Å². The molecule has 0 amide bonds. The first kappa shape index (κ1) is 12.5. The Labute approximate surface area is 107 Å². The molecule has 0 saturated heterocycles. The Balaban J connectivity index is 2.08. The van der Waals surface area contributed by atoms with Crippen molar-refractivity contribution < 1.29 is 14.3 Å². The fraction of sp³-hybridized carbons (Fsp3) is 0.417. The van der Waals surface area contributed by atoms with Crippen LogP contribution < -0.4 is 0 Å². The molecule has 1 N–H and O–H groups in total. The van der Waals surface area contributed by atoms with E-state index >= 15 is 0 Å². The summed E-state index contributed by atoms with van der Waals surface area (Å²) in [6, 6.07) is 5.16. The number of halogens is 2. The highest BCUT2D eigenvalue weighted by atomic mass is 79.9. The van der Waals surface area contributed by atoms with Crippen molar-refractivity contribution in [2.75, 3.05) is 6.54 Å². The van der Waals surface area contributed by atoms with Crippen molar-refractivity contribution in [3.05, 3.63) is 34.1 Å². The van der Waals surface area contributed by atoms with Crippen molar-refractivity contribution >= 4 is 21.9 Å². The molecule has 0 bridgehead atoms. The third-order valence-electron chi connectivity index (χ3n) is 2.79. The minimum absolute atomic E-state index is 0.0276. The minimum atomic E-state index is -0.866. The van der Waals surface area contributed by atoms with Gasteiger partial charge in [0.05, 0.1) is 6.54 Å². The zero-order valence-electron chi connectivity index (χ0n) is 9.20. The van der Waals surface area contributed by atoms with Gasteiger partial charge in [-0.3, -0.25) is 9.69 Å². The van der Waals surface area contributed by atoms with E-state index in [0.29, 0.717) is 22.6 Å². The molecule has 0 aliphatic heterocycles. The summed E-state index contributed by atoms with van der Waals surface area (Å²) in [5.74, 6) is -1.16. The fourth-order valence-corrected chi connectivity index (χ4v) is 2.13. The van der Waals surface area contributed by atoms with E-state index < -0.39 is 5.97 Å². The number of hydrogen-bond donors (Lipinski definition) is 1. The summed E-state index contributed by atoms with van der Waals surface area (Å²) in [4.78, 5) is 12.5. The summed E-state index contributed by atoms with van der Waals surface area (Å²) in [7, 11) is 0. The van der Waals surface area contributed by atoms with E-state index in [-0.39, 0.29) is 12.4 Å². The molecule has 1 aromatic carbocycles. The van der Waals surface area contributed by atoms with Crippen LogP contribution in [0.5, 0.6) is 0 Å². The van der Waals surface area contributed by atoms with Gasteiger partial charge in [-0.25, -0.2) is 4.39 Å². The fourth-order valence-electron chi connectivity index (χ4n) is 1.80. The van der Waals surface area contributed by atoms with Gasteiger partial charge in [-0.1, -0.05) is 22.0 Å². The molecule has 1 saturated carbocycles. The Morgan fingerprint density at radius 2 is 2.24 bits per heavy atom. The lowest BCUT2D eigenvalue weighted by atomic mass is 10.2. The molecule has 5 heteroatoms. The summed E-state index contributed by atoms with van der Waals surface area (Å²) in [5.41, 5.74) is 0.543. The lowest BCUT2D eigenvalue weighted by Crippen LogP contribution is -2.31. The molecule has 92 valence electrons. The van der Waals surface area contributed by atoms with Crippen LogP contribution in [0.15, 0.2) is 22.7 Å². The predicted molar refractivity (Wildman–Crippen MR) is 65.2 cm³/mol. The zero-order chi connectivity index (χ0) is 12.4. The standard InChI is InChI=1S/C12H13BrFNO2/c13-9-2-1-8(11(14)5-9)6-15(7-12(16)17)10-3-4-10/h1-2,5,10H,3-4,6-7H2,(H,16,17). The summed E-state index contributed by atoms with van der Waals surface area (Å²) in [6.45, 7) is 0.330. The number of carboxylic acid groups (broad SMARTS) is 1. The van der Waals surface area contributed by atoms with Gasteiger partial charge in [0.25, 0.3) is 0 Å². The molecule has 17 heavy (non-hydrogen) atoms. The molecule has 0 radical (unpaired) electrons. The molecule has 0 unspecified atom stereocenters. The van der Waals surface area contributed by atoms with Crippen molar-refractivity contribution in [2.45, 2.75) is 25.4 Å². The smallest absolute Gasteiger partial charge is 0.317 e. The van der Waals surface area contributed by atoms with E-state index in [4.69, 9.17) is 5.11 Å². The molecule has 1 aliphatic rings. The number of aliphatic carboxylic acids is 1. The Morgan fingerprint density at radius 1 is 1.53 bits per heavy atom. The van der Waals surface area contributed by atoms with Crippen LogP contribution in [0.4, 0.5) is 4.39 Å². The molecular weight excluding hydrogens is 289 g/mol. The van der Waals surface area contributed by atoms with Crippen molar-refractivity contribution in [2.24, 2.45) is 0 Å². The minimum Gasteiger partial charge on any atom is -0.480 e. The normalized spacial score (nSPS) is 15.2. The van der Waals surface area contributed by atoms with Crippen LogP contribution in [-0.4, -0.2) is 28.6 Å². The number of benzene rings is 1. The summed E-state index contributed by atoms with van der Waals surface area (Å²) in [5, 5.41) is 8.81. The van der Waals surface area contributed by atoms with Crippen LogP contribution in [0.3, 0.4) is 0 Å². The van der Waals surface area contributed by atoms with Gasteiger partial charge in [-0.2, -0.15) is 0 Å². The second-order valence-corrected chi connectivity index (χ2v) is 5.18. The van der Waals surface area contributed by atoms with Crippen molar-refractivity contribution in [1.82, 2.24) is 4.90 Å². The van der Waals surface area contributed by atoms with Crippen molar-refractivity contribution in [3.8, 4) is 0 Å². The highest BCUT2D eigenvalue weighted by Crippen LogP contribution is 2.28. The first-order valence-electron chi connectivity index (χ1n) is 5.46. The lowest BCUT2D eigenvalue weighted by Gasteiger charge is -2.20. The van der Waals surface area contributed by atoms with Gasteiger partial charge in [0, 0.05) is 22.6 Å². The Bertz CT molecular complexity index is 435. The van der Waals surface area contributed by atoms with Crippen LogP contribution in [0.2, 0.25) is 0 Å². The van der Waals surface area contributed by atoms with E-state index in [9.17, 15) is 9.18 Å². The van der Waals surface area contributed by atoms with Crippen LogP contribution in [-0.2, 0) is 11.3 Å². The summed E-state index contributed by atoms with van der Waals surface area (Å²) < 4.78 is 14.3. The second-order valence-electron chi connectivity index (χ2n) is 4.27. The largest absolute Gasteiger partial charge is 0.480 e. The van der Waals surface area contributed by atoms with Gasteiger partial charge in [0.15, 0.2) is 0 Å². The summed E-state index contributed by atoms with van der Waals surface area (Å²) >= 11 is 3.20. The Morgan fingerprint density at radius 3 is 2.76 bits per heavy atom. The van der Waals surface area contributed by atoms with Crippen LogP contribution >= 0.6 is 15.9 Å². The van der Waals surface area contributed by atoms with E-state index in [1.165, 1.54) is 6.07 Å². The van der Waals surface area contributed by atoms with Gasteiger partial charge in [0.1, 0.15) is 5.82 Å². The molecule has 1 fully saturated rings. The number of nitrogens with zero attached hydrogens (tertiary/aromatic N) is 1. The molecular formula is C12H13BrFNO2. The van der Waals surface area contributed by atoms with E-state index in [1.807, 2.05) is 4.90 Å². The molecule has 3 nitrogen and oxygen atoms in total. The zero-order valence-corrected chi connectivity index (χ0v) is 10.8. The third kappa shape index (κ3) is 3.51. The first-order chi connectivity index (χ1) is 8.06. The van der Waals surface area contributed by atoms with Crippen LogP contribution in [0.25, 0.3) is 0 Å². The van der Waals surface area contributed by atoms with Gasteiger partial charge in [-0.05, 0) is 25.0 Å². The number of rotatable bonds is 5. The maximum absolute atomic E-state index is 13.6. The Kier molecular flexibility index (Phi) is 3.79. The number of carbonyl (C=O) groups is 1. The highest BCUT2D eigenvalue weighted by Gasteiger charge is 2.30. The van der Waals surface area contributed by atoms with E-state index in [0.717, 1.165) is 12.8 Å². The van der Waals surface area contributed by atoms with Crippen LogP contribution in [0.1, 0.15) is 18.4 Å². The number of hydrogen-bond acceptors (Lipinski definition) is 2. The monoisotopic (exact) mass is 301 g/mol. The van der Waals surface area contributed by atoms with Crippen molar-refractivity contribution in [3.63, 3.8) is 0 Å². The average Bonchev–Trinajstić information content (AvgIpc) is 3.03. The molecule has 0 heterocycles. The first-order valence-corrected chi connectivity index (χ1v) is 6.25. The van der Waals surface area contributed by atoms with E-state index in [1.54, 1.807) is 12.1 Å². The highest BCUT2D eigenvalue weighted by molar-refractivity contribution is 9.10. The summed E-state index contributed by atoms with van der Waals surface area (Å²) in [6.07, 6.45) is 2.01.